The van der Waals surface area contributed by atoms with Gasteiger partial charge in [-0.15, -0.1) is 0 Å². The largest absolute Gasteiger partial charge is 0.295 e. The Morgan fingerprint density at radius 2 is 1.93 bits per heavy atom. The lowest BCUT2D eigenvalue weighted by Crippen LogP contribution is -2.16. The second-order valence-electron chi connectivity index (χ2n) is 3.55. The molecule has 0 spiro atoms. The molecule has 0 aliphatic rings. The van der Waals surface area contributed by atoms with Gasteiger partial charge in [0.15, 0.2) is 0 Å². The zero-order valence-corrected chi connectivity index (χ0v) is 8.95. The molecule has 1 aromatic heterocycles. The van der Waals surface area contributed by atoms with E-state index in [1.165, 1.54) is 0 Å². The van der Waals surface area contributed by atoms with Gasteiger partial charge in [-0.1, -0.05) is 25.1 Å². The third-order valence-electron chi connectivity index (χ3n) is 2.56. The molecule has 1 heterocycles. The number of aryl methyl sites for hydroxylation is 1. The molecule has 0 amide bonds. The van der Waals surface area contributed by atoms with Gasteiger partial charge in [0.05, 0.1) is 5.69 Å². The summed E-state index contributed by atoms with van der Waals surface area (Å²) in [6.07, 6.45) is 0.765. The van der Waals surface area contributed by atoms with Gasteiger partial charge in [0, 0.05) is 11.3 Å². The minimum atomic E-state index is 0.0567. The molecule has 0 saturated heterocycles. The highest BCUT2D eigenvalue weighted by Gasteiger charge is 2.09. The molecule has 1 N–H and O–H groups in total. The summed E-state index contributed by atoms with van der Waals surface area (Å²) in [6, 6.07) is 9.60. The number of rotatable bonds is 2. The lowest BCUT2D eigenvalue weighted by atomic mass is 10.2. The highest BCUT2D eigenvalue weighted by molar-refractivity contribution is 5.32. The summed E-state index contributed by atoms with van der Waals surface area (Å²) in [5, 5.41) is 3.08. The van der Waals surface area contributed by atoms with E-state index in [1.807, 2.05) is 44.2 Å². The average Bonchev–Trinajstić information content (AvgIpc) is 2.55. The van der Waals surface area contributed by atoms with Gasteiger partial charge in [0.25, 0.3) is 5.56 Å². The van der Waals surface area contributed by atoms with E-state index in [0.29, 0.717) is 0 Å². The van der Waals surface area contributed by atoms with Gasteiger partial charge >= 0.3 is 0 Å². The Morgan fingerprint density at radius 1 is 1.27 bits per heavy atom. The highest BCUT2D eigenvalue weighted by Crippen LogP contribution is 2.06. The normalized spacial score (nSPS) is 10.5. The lowest BCUT2D eigenvalue weighted by Gasteiger charge is -1.99. The van der Waals surface area contributed by atoms with Crippen LogP contribution >= 0.6 is 0 Å². The van der Waals surface area contributed by atoms with E-state index in [2.05, 4.69) is 5.10 Å². The topological polar surface area (TPSA) is 37.8 Å². The zero-order valence-electron chi connectivity index (χ0n) is 8.95. The molecular weight excluding hydrogens is 188 g/mol. The van der Waals surface area contributed by atoms with Crippen LogP contribution in [-0.2, 0) is 6.42 Å². The molecule has 15 heavy (non-hydrogen) atoms. The molecule has 3 heteroatoms. The minimum Gasteiger partial charge on any atom is -0.295 e. The van der Waals surface area contributed by atoms with Crippen molar-refractivity contribution in [1.29, 1.82) is 0 Å². The van der Waals surface area contributed by atoms with Crippen LogP contribution in [0.1, 0.15) is 18.2 Å². The molecule has 2 rings (SSSR count). The predicted molar refractivity (Wildman–Crippen MR) is 60.5 cm³/mol. The Balaban J connectivity index is 2.61. The van der Waals surface area contributed by atoms with Crippen LogP contribution in [0.2, 0.25) is 0 Å². The standard InChI is InChI=1S/C12H14N2O/c1-3-11-9(2)13-14(12(11)15)10-7-5-4-6-8-10/h4-8,13H,3H2,1-2H3. The first kappa shape index (κ1) is 9.77. The number of hydrogen-bond donors (Lipinski definition) is 1. The van der Waals surface area contributed by atoms with E-state index in [0.717, 1.165) is 23.4 Å². The molecule has 0 unspecified atom stereocenters. The molecule has 0 radical (unpaired) electrons. The van der Waals surface area contributed by atoms with Gasteiger partial charge in [-0.2, -0.15) is 0 Å². The number of H-pyrrole nitrogens is 1. The van der Waals surface area contributed by atoms with Crippen molar-refractivity contribution < 1.29 is 0 Å². The smallest absolute Gasteiger partial charge is 0.274 e. The van der Waals surface area contributed by atoms with Crippen molar-refractivity contribution in [3.05, 3.63) is 51.9 Å². The molecular formula is C12H14N2O. The summed E-state index contributed by atoms with van der Waals surface area (Å²) < 4.78 is 1.59. The second kappa shape index (κ2) is 3.77. The van der Waals surface area contributed by atoms with Crippen molar-refractivity contribution in [2.75, 3.05) is 0 Å². The molecule has 0 fully saturated rings. The van der Waals surface area contributed by atoms with Crippen LogP contribution in [0.3, 0.4) is 0 Å². The molecule has 2 aromatic rings. The fraction of sp³-hybridized carbons (Fsp3) is 0.250. The number of para-hydroxylation sites is 1. The van der Waals surface area contributed by atoms with Crippen LogP contribution in [0.25, 0.3) is 5.69 Å². The first-order chi connectivity index (χ1) is 7.24. The third-order valence-corrected chi connectivity index (χ3v) is 2.56. The number of aromatic amines is 1. The van der Waals surface area contributed by atoms with Crippen LogP contribution in [0.5, 0.6) is 0 Å². The van der Waals surface area contributed by atoms with Crippen molar-refractivity contribution in [2.24, 2.45) is 0 Å². The van der Waals surface area contributed by atoms with Crippen LogP contribution in [0, 0.1) is 6.92 Å². The minimum absolute atomic E-state index is 0.0567. The molecule has 78 valence electrons. The van der Waals surface area contributed by atoms with Crippen LogP contribution in [-0.4, -0.2) is 9.78 Å². The zero-order chi connectivity index (χ0) is 10.8. The first-order valence-corrected chi connectivity index (χ1v) is 5.10. The van der Waals surface area contributed by atoms with Crippen molar-refractivity contribution in [1.82, 2.24) is 9.78 Å². The highest BCUT2D eigenvalue weighted by atomic mass is 16.1. The lowest BCUT2D eigenvalue weighted by molar-refractivity contribution is 0.834. The summed E-state index contributed by atoms with van der Waals surface area (Å²) >= 11 is 0. The predicted octanol–water partition coefficient (Wildman–Crippen LogP) is 2.04. The molecule has 0 bridgehead atoms. The summed E-state index contributed by atoms with van der Waals surface area (Å²) in [7, 11) is 0. The average molecular weight is 202 g/mol. The molecule has 0 atom stereocenters. The van der Waals surface area contributed by atoms with Crippen LogP contribution in [0.15, 0.2) is 35.1 Å². The van der Waals surface area contributed by atoms with Crippen molar-refractivity contribution in [2.45, 2.75) is 20.3 Å². The number of hydrogen-bond acceptors (Lipinski definition) is 1. The Morgan fingerprint density at radius 3 is 2.47 bits per heavy atom. The maximum Gasteiger partial charge on any atom is 0.274 e. The Hall–Kier alpha value is -1.77. The second-order valence-corrected chi connectivity index (χ2v) is 3.55. The van der Waals surface area contributed by atoms with E-state index >= 15 is 0 Å². The van der Waals surface area contributed by atoms with E-state index in [-0.39, 0.29) is 5.56 Å². The summed E-state index contributed by atoms with van der Waals surface area (Å²) in [6.45, 7) is 3.92. The quantitative estimate of drug-likeness (QED) is 0.795. The number of benzene rings is 1. The van der Waals surface area contributed by atoms with Gasteiger partial charge in [-0.25, -0.2) is 4.68 Å². The van der Waals surface area contributed by atoms with Gasteiger partial charge in [-0.05, 0) is 25.5 Å². The van der Waals surface area contributed by atoms with Crippen molar-refractivity contribution in [3.63, 3.8) is 0 Å². The van der Waals surface area contributed by atoms with E-state index in [9.17, 15) is 4.79 Å². The van der Waals surface area contributed by atoms with Crippen LogP contribution in [0.4, 0.5) is 0 Å². The number of nitrogens with zero attached hydrogens (tertiary/aromatic N) is 1. The number of aromatic nitrogens is 2. The summed E-state index contributed by atoms with van der Waals surface area (Å²) in [4.78, 5) is 12.0. The Labute approximate surface area is 88.4 Å². The fourth-order valence-electron chi connectivity index (χ4n) is 1.76. The third kappa shape index (κ3) is 1.61. The SMILES string of the molecule is CCc1c(C)[nH]n(-c2ccccc2)c1=O. The molecule has 1 aromatic carbocycles. The molecule has 0 saturated carbocycles. The summed E-state index contributed by atoms with van der Waals surface area (Å²) in [5.74, 6) is 0. The Bertz CT molecular complexity index is 508. The van der Waals surface area contributed by atoms with Gasteiger partial charge < -0.3 is 0 Å². The van der Waals surface area contributed by atoms with Crippen molar-refractivity contribution in [3.8, 4) is 5.69 Å². The summed E-state index contributed by atoms with van der Waals surface area (Å²) in [5.41, 5.74) is 2.75. The molecule has 0 aliphatic carbocycles. The molecule has 0 aliphatic heterocycles. The van der Waals surface area contributed by atoms with Gasteiger partial charge in [-0.3, -0.25) is 9.89 Å². The van der Waals surface area contributed by atoms with Crippen LogP contribution < -0.4 is 5.56 Å². The number of nitrogens with one attached hydrogen (secondary N) is 1. The Kier molecular flexibility index (Phi) is 2.46. The van der Waals surface area contributed by atoms with Crippen molar-refractivity contribution >= 4 is 0 Å². The monoisotopic (exact) mass is 202 g/mol. The maximum absolute atomic E-state index is 12.0. The first-order valence-electron chi connectivity index (χ1n) is 5.10. The van der Waals surface area contributed by atoms with E-state index in [4.69, 9.17) is 0 Å². The van der Waals surface area contributed by atoms with Gasteiger partial charge in [0.1, 0.15) is 0 Å². The van der Waals surface area contributed by atoms with E-state index < -0.39 is 0 Å². The fourth-order valence-corrected chi connectivity index (χ4v) is 1.76. The molecule has 3 nitrogen and oxygen atoms in total. The maximum atomic E-state index is 12.0. The van der Waals surface area contributed by atoms with E-state index in [1.54, 1.807) is 4.68 Å². The van der Waals surface area contributed by atoms with Gasteiger partial charge in [0.2, 0.25) is 0 Å².